The molecule has 1 aliphatic carbocycles. The molecule has 2 unspecified atom stereocenters. The van der Waals surface area contributed by atoms with Crippen LogP contribution in [0.3, 0.4) is 0 Å². The molecule has 0 aliphatic heterocycles. The zero-order chi connectivity index (χ0) is 10.7. The Morgan fingerprint density at radius 1 is 1.33 bits per heavy atom. The molecule has 2 rings (SSSR count). The van der Waals surface area contributed by atoms with Crippen LogP contribution >= 0.6 is 0 Å². The standard InChI is InChI=1S/C10H15N3O2/c14-10(15)8-4-2-1-3-5-9(8)13-7-11-6-12-13/h6-9H,1-5H2,(H,14,15). The van der Waals surface area contributed by atoms with Crippen LogP contribution in [0, 0.1) is 5.92 Å². The molecular formula is C10H15N3O2. The number of nitrogens with zero attached hydrogens (tertiary/aromatic N) is 3. The first-order valence-corrected chi connectivity index (χ1v) is 5.36. The number of carboxylic acid groups (broad SMARTS) is 1. The summed E-state index contributed by atoms with van der Waals surface area (Å²) in [5.41, 5.74) is 0. The Balaban J connectivity index is 2.20. The molecule has 1 aromatic rings. The molecule has 0 radical (unpaired) electrons. The zero-order valence-electron chi connectivity index (χ0n) is 8.54. The summed E-state index contributed by atoms with van der Waals surface area (Å²) in [7, 11) is 0. The highest BCUT2D eigenvalue weighted by Gasteiger charge is 2.31. The van der Waals surface area contributed by atoms with Crippen LogP contribution < -0.4 is 0 Å². The lowest BCUT2D eigenvalue weighted by Gasteiger charge is -2.21. The fourth-order valence-electron chi connectivity index (χ4n) is 2.28. The van der Waals surface area contributed by atoms with Gasteiger partial charge in [0.2, 0.25) is 0 Å². The molecule has 1 aliphatic rings. The maximum absolute atomic E-state index is 11.2. The lowest BCUT2D eigenvalue weighted by Crippen LogP contribution is -2.25. The van der Waals surface area contributed by atoms with Gasteiger partial charge in [0.1, 0.15) is 12.7 Å². The Bertz CT molecular complexity index is 323. The van der Waals surface area contributed by atoms with Gasteiger partial charge in [-0.25, -0.2) is 9.67 Å². The minimum Gasteiger partial charge on any atom is -0.481 e. The highest BCUT2D eigenvalue weighted by Crippen LogP contribution is 2.31. The predicted molar refractivity (Wildman–Crippen MR) is 53.3 cm³/mol. The third-order valence-electron chi connectivity index (χ3n) is 3.07. The summed E-state index contributed by atoms with van der Waals surface area (Å²) in [5.74, 6) is -1.02. The predicted octanol–water partition coefficient (Wildman–Crippen LogP) is 1.48. The van der Waals surface area contributed by atoms with Crippen LogP contribution in [0.15, 0.2) is 12.7 Å². The van der Waals surface area contributed by atoms with Crippen LogP contribution in [-0.2, 0) is 4.79 Å². The van der Waals surface area contributed by atoms with E-state index in [0.717, 1.165) is 32.1 Å². The van der Waals surface area contributed by atoms with Crippen molar-refractivity contribution in [3.05, 3.63) is 12.7 Å². The summed E-state index contributed by atoms with van der Waals surface area (Å²) in [4.78, 5) is 15.0. The molecule has 0 bridgehead atoms. The van der Waals surface area contributed by atoms with Crippen molar-refractivity contribution < 1.29 is 9.90 Å². The molecule has 1 saturated carbocycles. The number of carboxylic acids is 1. The van der Waals surface area contributed by atoms with Gasteiger partial charge in [-0.3, -0.25) is 4.79 Å². The van der Waals surface area contributed by atoms with E-state index in [9.17, 15) is 9.90 Å². The average Bonchev–Trinajstić information content (AvgIpc) is 2.61. The van der Waals surface area contributed by atoms with E-state index in [1.807, 2.05) is 0 Å². The van der Waals surface area contributed by atoms with Crippen LogP contribution in [0.4, 0.5) is 0 Å². The number of carbonyl (C=O) groups is 1. The second-order valence-electron chi connectivity index (χ2n) is 4.03. The quantitative estimate of drug-likeness (QED) is 0.749. The monoisotopic (exact) mass is 209 g/mol. The maximum Gasteiger partial charge on any atom is 0.308 e. The third-order valence-corrected chi connectivity index (χ3v) is 3.07. The van der Waals surface area contributed by atoms with Crippen molar-refractivity contribution in [2.24, 2.45) is 5.92 Å². The highest BCUT2D eigenvalue weighted by molar-refractivity contribution is 5.70. The van der Waals surface area contributed by atoms with Gasteiger partial charge in [-0.05, 0) is 12.8 Å². The van der Waals surface area contributed by atoms with E-state index in [2.05, 4.69) is 10.1 Å². The van der Waals surface area contributed by atoms with Crippen molar-refractivity contribution in [2.45, 2.75) is 38.1 Å². The molecule has 5 heteroatoms. The number of hydrogen-bond donors (Lipinski definition) is 1. The smallest absolute Gasteiger partial charge is 0.308 e. The summed E-state index contributed by atoms with van der Waals surface area (Å²) < 4.78 is 1.70. The molecule has 15 heavy (non-hydrogen) atoms. The summed E-state index contributed by atoms with van der Waals surface area (Å²) in [6, 6.07) is -0.0208. The second kappa shape index (κ2) is 4.42. The van der Waals surface area contributed by atoms with Gasteiger partial charge < -0.3 is 5.11 Å². The fourth-order valence-corrected chi connectivity index (χ4v) is 2.28. The molecule has 1 fully saturated rings. The zero-order valence-corrected chi connectivity index (χ0v) is 8.54. The molecule has 1 N–H and O–H groups in total. The largest absolute Gasteiger partial charge is 0.481 e. The van der Waals surface area contributed by atoms with Crippen molar-refractivity contribution in [1.29, 1.82) is 0 Å². The number of hydrogen-bond acceptors (Lipinski definition) is 3. The minimum atomic E-state index is -0.711. The van der Waals surface area contributed by atoms with E-state index in [-0.39, 0.29) is 12.0 Å². The van der Waals surface area contributed by atoms with E-state index in [4.69, 9.17) is 0 Å². The topological polar surface area (TPSA) is 68.0 Å². The van der Waals surface area contributed by atoms with E-state index in [1.54, 1.807) is 11.0 Å². The lowest BCUT2D eigenvalue weighted by molar-refractivity contribution is -0.143. The molecule has 0 aromatic carbocycles. The molecule has 1 aromatic heterocycles. The van der Waals surface area contributed by atoms with Crippen LogP contribution in [-0.4, -0.2) is 25.8 Å². The normalized spacial score (nSPS) is 27.2. The van der Waals surface area contributed by atoms with Gasteiger partial charge in [0, 0.05) is 0 Å². The summed E-state index contributed by atoms with van der Waals surface area (Å²) in [6.07, 6.45) is 7.92. The van der Waals surface area contributed by atoms with Crippen LogP contribution in [0.1, 0.15) is 38.1 Å². The van der Waals surface area contributed by atoms with Gasteiger partial charge in [-0.2, -0.15) is 5.10 Å². The van der Waals surface area contributed by atoms with Gasteiger partial charge in [0.25, 0.3) is 0 Å². The van der Waals surface area contributed by atoms with E-state index in [1.165, 1.54) is 6.33 Å². The van der Waals surface area contributed by atoms with Crippen LogP contribution in [0.25, 0.3) is 0 Å². The second-order valence-corrected chi connectivity index (χ2v) is 4.03. The van der Waals surface area contributed by atoms with Crippen molar-refractivity contribution in [3.63, 3.8) is 0 Å². The van der Waals surface area contributed by atoms with E-state index >= 15 is 0 Å². The SMILES string of the molecule is O=C(O)C1CCCCCC1n1cncn1. The van der Waals surface area contributed by atoms with Crippen molar-refractivity contribution in [1.82, 2.24) is 14.8 Å². The minimum absolute atomic E-state index is 0.0208. The number of aromatic nitrogens is 3. The van der Waals surface area contributed by atoms with Crippen molar-refractivity contribution in [3.8, 4) is 0 Å². The average molecular weight is 209 g/mol. The molecule has 0 spiro atoms. The Hall–Kier alpha value is -1.39. The van der Waals surface area contributed by atoms with Crippen molar-refractivity contribution >= 4 is 5.97 Å². The van der Waals surface area contributed by atoms with Gasteiger partial charge >= 0.3 is 5.97 Å². The van der Waals surface area contributed by atoms with Crippen LogP contribution in [0.2, 0.25) is 0 Å². The maximum atomic E-state index is 11.2. The van der Waals surface area contributed by atoms with E-state index < -0.39 is 5.97 Å². The first-order valence-electron chi connectivity index (χ1n) is 5.36. The number of rotatable bonds is 2. The molecule has 82 valence electrons. The molecule has 1 heterocycles. The van der Waals surface area contributed by atoms with Gasteiger partial charge in [-0.1, -0.05) is 19.3 Å². The van der Waals surface area contributed by atoms with Gasteiger partial charge in [0.05, 0.1) is 12.0 Å². The summed E-state index contributed by atoms with van der Waals surface area (Å²) in [5, 5.41) is 13.2. The third kappa shape index (κ3) is 2.16. The Morgan fingerprint density at radius 2 is 2.13 bits per heavy atom. The lowest BCUT2D eigenvalue weighted by atomic mass is 9.95. The van der Waals surface area contributed by atoms with E-state index in [0.29, 0.717) is 0 Å². The van der Waals surface area contributed by atoms with Crippen molar-refractivity contribution in [2.75, 3.05) is 0 Å². The highest BCUT2D eigenvalue weighted by atomic mass is 16.4. The van der Waals surface area contributed by atoms with Gasteiger partial charge in [0.15, 0.2) is 0 Å². The Kier molecular flexibility index (Phi) is 2.99. The van der Waals surface area contributed by atoms with Crippen LogP contribution in [0.5, 0.6) is 0 Å². The first-order chi connectivity index (χ1) is 7.29. The Labute approximate surface area is 88.1 Å². The molecule has 2 atom stereocenters. The molecular weight excluding hydrogens is 194 g/mol. The number of aliphatic carboxylic acids is 1. The molecule has 5 nitrogen and oxygen atoms in total. The first kappa shape index (κ1) is 10.1. The molecule has 0 saturated heterocycles. The molecule has 0 amide bonds. The summed E-state index contributed by atoms with van der Waals surface area (Å²) >= 11 is 0. The van der Waals surface area contributed by atoms with Gasteiger partial charge in [-0.15, -0.1) is 0 Å². The summed E-state index contributed by atoms with van der Waals surface area (Å²) in [6.45, 7) is 0. The Morgan fingerprint density at radius 3 is 2.80 bits per heavy atom. The fraction of sp³-hybridized carbons (Fsp3) is 0.700.